The molecule has 4 aliphatic rings. The van der Waals surface area contributed by atoms with Gasteiger partial charge in [-0.2, -0.15) is 0 Å². The fraction of sp³-hybridized carbons (Fsp3) is 0.444. The molecule has 3 aliphatic heterocycles. The summed E-state index contributed by atoms with van der Waals surface area (Å²) in [6, 6.07) is 11.9. The Labute approximate surface area is 283 Å². The van der Waals surface area contributed by atoms with Gasteiger partial charge in [-0.1, -0.05) is 37.1 Å². The van der Waals surface area contributed by atoms with Crippen LogP contribution in [0.4, 0.5) is 0 Å². The van der Waals surface area contributed by atoms with Gasteiger partial charge in [-0.25, -0.2) is 4.98 Å². The van der Waals surface area contributed by atoms with Crippen LogP contribution < -0.4 is 10.1 Å². The number of aryl methyl sites for hydroxylation is 1. The molecule has 11 nitrogen and oxygen atoms in total. The Morgan fingerprint density at radius 3 is 2.38 bits per heavy atom. The molecule has 2 fully saturated rings. The van der Waals surface area contributed by atoms with Gasteiger partial charge in [0.1, 0.15) is 16.7 Å². The molecule has 1 aromatic heterocycles. The monoisotopic (exact) mass is 669 g/mol. The van der Waals surface area contributed by atoms with Gasteiger partial charge in [0.25, 0.3) is 17.7 Å². The maximum atomic E-state index is 14.5. The van der Waals surface area contributed by atoms with Crippen LogP contribution in [0, 0.1) is 18.8 Å². The first-order chi connectivity index (χ1) is 23.2. The fourth-order valence-electron chi connectivity index (χ4n) is 7.82. The molecule has 3 aromatic rings. The van der Waals surface area contributed by atoms with Gasteiger partial charge in [-0.05, 0) is 49.9 Å². The van der Waals surface area contributed by atoms with Crippen LogP contribution in [0.1, 0.15) is 84.7 Å². The van der Waals surface area contributed by atoms with E-state index in [9.17, 15) is 24.0 Å². The van der Waals surface area contributed by atoms with Crippen molar-refractivity contribution in [2.45, 2.75) is 57.6 Å². The lowest BCUT2D eigenvalue weighted by Crippen LogP contribution is -2.51. The van der Waals surface area contributed by atoms with Crippen molar-refractivity contribution in [1.82, 2.24) is 25.0 Å². The van der Waals surface area contributed by atoms with Crippen molar-refractivity contribution in [3.63, 3.8) is 0 Å². The average molecular weight is 670 g/mol. The van der Waals surface area contributed by atoms with E-state index in [1.165, 1.54) is 16.2 Å². The minimum Gasteiger partial charge on any atom is -0.488 e. The Balaban J connectivity index is 1.21. The first-order valence-corrected chi connectivity index (χ1v) is 17.5. The normalized spacial score (nSPS) is 23.6. The smallest absolute Gasteiger partial charge is 0.265 e. The van der Waals surface area contributed by atoms with E-state index in [-0.39, 0.29) is 30.4 Å². The van der Waals surface area contributed by atoms with Gasteiger partial charge in [0.05, 0.1) is 41.5 Å². The Morgan fingerprint density at radius 2 is 1.69 bits per heavy atom. The zero-order valence-electron chi connectivity index (χ0n) is 27.1. The van der Waals surface area contributed by atoms with Crippen molar-refractivity contribution in [2.24, 2.45) is 11.8 Å². The molecule has 48 heavy (non-hydrogen) atoms. The maximum Gasteiger partial charge on any atom is 0.265 e. The number of aromatic nitrogens is 1. The summed E-state index contributed by atoms with van der Waals surface area (Å²) in [5.41, 5.74) is 2.44. The van der Waals surface area contributed by atoms with E-state index < -0.39 is 29.7 Å². The molecule has 0 bridgehead atoms. The first kappa shape index (κ1) is 32.0. The molecule has 5 amide bonds. The number of likely N-dealkylation sites (tertiary alicyclic amines) is 1. The standard InChI is InChI=1S/C36H39N5O6S/c1-21-38-18-30(48-21)36(46)39-16-15-23(19-39)47-29-13-7-8-22-14-17-40(33(43)25-10-4-3-9-24(25)32(42)37-2)28(31(22)29)20-41-34(44)26-11-5-6-12-27(26)35(41)45/h5-8,11-13,18,23-25,28H,3-4,9-10,14-17,19-20H2,1-2H3,(H,37,42)/t23?,24-,25?,28-/m1/s1. The van der Waals surface area contributed by atoms with Crippen LogP contribution in [0.25, 0.3) is 0 Å². The number of nitrogens with zero attached hydrogens (tertiary/aromatic N) is 4. The van der Waals surface area contributed by atoms with Gasteiger partial charge in [0.2, 0.25) is 11.8 Å². The summed E-state index contributed by atoms with van der Waals surface area (Å²) in [6.07, 6.45) is 5.49. The van der Waals surface area contributed by atoms with Crippen LogP contribution in [0.15, 0.2) is 48.7 Å². The van der Waals surface area contributed by atoms with E-state index in [0.717, 1.165) is 29.0 Å². The molecule has 4 atom stereocenters. The highest BCUT2D eigenvalue weighted by atomic mass is 32.1. The van der Waals surface area contributed by atoms with Crippen LogP contribution in [-0.4, -0.2) is 88.6 Å². The van der Waals surface area contributed by atoms with Crippen LogP contribution in [0.5, 0.6) is 5.75 Å². The van der Waals surface area contributed by atoms with Crippen LogP contribution in [-0.2, 0) is 16.0 Å². The quantitative estimate of drug-likeness (QED) is 0.377. The lowest BCUT2D eigenvalue weighted by atomic mass is 9.77. The molecule has 250 valence electrons. The van der Waals surface area contributed by atoms with Crippen molar-refractivity contribution >= 4 is 40.9 Å². The number of benzene rings is 2. The highest BCUT2D eigenvalue weighted by Crippen LogP contribution is 2.42. The SMILES string of the molecule is CNC(=O)[C@@H]1CCCCC1C(=O)N1CCc2cccc(OC3CCN(C(=O)c4cnc(C)s4)C3)c2[C@H]1CN1C(=O)c2ccccc2C1=O. The molecule has 0 spiro atoms. The minimum atomic E-state index is -0.675. The topological polar surface area (TPSA) is 129 Å². The second kappa shape index (κ2) is 13.1. The molecule has 1 N–H and O–H groups in total. The second-order valence-corrected chi connectivity index (χ2v) is 14.3. The Hall–Kier alpha value is -4.58. The lowest BCUT2D eigenvalue weighted by molar-refractivity contribution is -0.146. The van der Waals surface area contributed by atoms with E-state index in [4.69, 9.17) is 4.74 Å². The van der Waals surface area contributed by atoms with Gasteiger partial charge in [0.15, 0.2) is 0 Å². The number of ether oxygens (including phenoxy) is 1. The number of carbonyl (C=O) groups is 5. The Bertz CT molecular complexity index is 1750. The third-order valence-corrected chi connectivity index (χ3v) is 11.1. The number of hydrogen-bond acceptors (Lipinski definition) is 8. The summed E-state index contributed by atoms with van der Waals surface area (Å²) in [5, 5.41) is 3.58. The van der Waals surface area contributed by atoms with Crippen molar-refractivity contribution in [1.29, 1.82) is 0 Å². The molecule has 1 saturated carbocycles. The number of rotatable bonds is 7. The van der Waals surface area contributed by atoms with E-state index in [1.807, 2.05) is 25.1 Å². The predicted molar refractivity (Wildman–Crippen MR) is 178 cm³/mol. The molecular formula is C36H39N5O6S. The summed E-state index contributed by atoms with van der Waals surface area (Å²) in [7, 11) is 1.60. The Kier molecular flexibility index (Phi) is 8.76. The fourth-order valence-corrected chi connectivity index (χ4v) is 8.56. The van der Waals surface area contributed by atoms with Gasteiger partial charge < -0.3 is 19.9 Å². The van der Waals surface area contributed by atoms with Crippen LogP contribution in [0.3, 0.4) is 0 Å². The highest BCUT2D eigenvalue weighted by Gasteiger charge is 2.45. The number of imide groups is 1. The van der Waals surface area contributed by atoms with Gasteiger partial charge in [0, 0.05) is 44.0 Å². The zero-order chi connectivity index (χ0) is 33.5. The molecular weight excluding hydrogens is 630 g/mol. The largest absolute Gasteiger partial charge is 0.488 e. The van der Waals surface area contributed by atoms with E-state index >= 15 is 0 Å². The van der Waals surface area contributed by atoms with Crippen molar-refractivity contribution in [3.05, 3.63) is 80.8 Å². The molecule has 2 aromatic carbocycles. The number of nitrogens with one attached hydrogen (secondary N) is 1. The van der Waals surface area contributed by atoms with Crippen LogP contribution in [0.2, 0.25) is 0 Å². The summed E-state index contributed by atoms with van der Waals surface area (Å²) in [5.74, 6) is -1.49. The third-order valence-electron chi connectivity index (χ3n) is 10.2. The van der Waals surface area contributed by atoms with Crippen molar-refractivity contribution in [3.8, 4) is 5.75 Å². The molecule has 7 rings (SSSR count). The number of thiazole rings is 1. The molecule has 1 saturated heterocycles. The van der Waals surface area contributed by atoms with Gasteiger partial charge in [-0.15, -0.1) is 11.3 Å². The maximum absolute atomic E-state index is 14.5. The molecule has 1 aliphatic carbocycles. The third kappa shape index (κ3) is 5.76. The zero-order valence-corrected chi connectivity index (χ0v) is 28.0. The molecule has 0 radical (unpaired) electrons. The average Bonchev–Trinajstić information content (AvgIpc) is 3.83. The summed E-state index contributed by atoms with van der Waals surface area (Å²) in [4.78, 5) is 77.5. The highest BCUT2D eigenvalue weighted by molar-refractivity contribution is 7.13. The minimum absolute atomic E-state index is 0.0389. The number of hydrogen-bond donors (Lipinski definition) is 1. The number of amides is 5. The first-order valence-electron chi connectivity index (χ1n) is 16.7. The molecule has 4 heterocycles. The predicted octanol–water partition coefficient (Wildman–Crippen LogP) is 4.02. The van der Waals surface area contributed by atoms with Gasteiger partial charge >= 0.3 is 0 Å². The van der Waals surface area contributed by atoms with E-state index in [1.54, 1.807) is 47.3 Å². The van der Waals surface area contributed by atoms with Crippen molar-refractivity contribution in [2.75, 3.05) is 33.2 Å². The molecule has 2 unspecified atom stereocenters. The van der Waals surface area contributed by atoms with E-state index in [0.29, 0.717) is 67.1 Å². The summed E-state index contributed by atoms with van der Waals surface area (Å²) in [6.45, 7) is 3.17. The Morgan fingerprint density at radius 1 is 0.958 bits per heavy atom. The summed E-state index contributed by atoms with van der Waals surface area (Å²) < 4.78 is 6.66. The van der Waals surface area contributed by atoms with Crippen LogP contribution >= 0.6 is 11.3 Å². The van der Waals surface area contributed by atoms with Gasteiger partial charge in [-0.3, -0.25) is 28.9 Å². The summed E-state index contributed by atoms with van der Waals surface area (Å²) >= 11 is 1.37. The second-order valence-electron chi connectivity index (χ2n) is 13.0. The number of carbonyl (C=O) groups excluding carboxylic acids is 5. The lowest BCUT2D eigenvalue weighted by Gasteiger charge is -2.43. The number of fused-ring (bicyclic) bond motifs is 2. The van der Waals surface area contributed by atoms with E-state index in [2.05, 4.69) is 10.3 Å². The molecule has 12 heteroatoms. The van der Waals surface area contributed by atoms with Crippen molar-refractivity contribution < 1.29 is 28.7 Å².